The van der Waals surface area contributed by atoms with Crippen LogP contribution >= 0.6 is 11.8 Å². The summed E-state index contributed by atoms with van der Waals surface area (Å²) >= 11 is 1.32. The summed E-state index contributed by atoms with van der Waals surface area (Å²) in [4.78, 5) is 21.1. The van der Waals surface area contributed by atoms with Gasteiger partial charge in [0, 0.05) is 14.1 Å². The molecule has 8 heteroatoms. The number of nitrogens with one attached hydrogen (secondary N) is 1. The fourth-order valence-electron chi connectivity index (χ4n) is 1.19. The molecule has 90 valence electrons. The van der Waals surface area contributed by atoms with Crippen molar-refractivity contribution < 1.29 is 4.79 Å². The number of thioether (sulfide) groups is 1. The number of amides is 1. The van der Waals surface area contributed by atoms with E-state index < -0.39 is 0 Å². The predicted octanol–water partition coefficient (Wildman–Crippen LogP) is 0.115. The molecule has 2 rings (SSSR count). The van der Waals surface area contributed by atoms with Crippen LogP contribution in [0.5, 0.6) is 0 Å². The van der Waals surface area contributed by atoms with Gasteiger partial charge >= 0.3 is 0 Å². The van der Waals surface area contributed by atoms with Gasteiger partial charge < -0.3 is 10.6 Å². The first kappa shape index (κ1) is 11.6. The Morgan fingerprint density at radius 3 is 3.00 bits per heavy atom. The highest BCUT2D eigenvalue weighted by atomic mass is 32.2. The van der Waals surface area contributed by atoms with E-state index in [1.807, 2.05) is 0 Å². The number of nitrogens with two attached hydrogens (primary N) is 1. The molecule has 0 spiro atoms. The number of carbonyl (C=O) groups excluding carboxylic acids is 1. The number of hydrogen-bond donors (Lipinski definition) is 2. The molecule has 0 bridgehead atoms. The van der Waals surface area contributed by atoms with Crippen molar-refractivity contribution in [2.75, 3.05) is 25.6 Å². The van der Waals surface area contributed by atoms with Crippen molar-refractivity contribution in [3.8, 4) is 0 Å². The first-order chi connectivity index (χ1) is 8.08. The molecular weight excluding hydrogens is 240 g/mol. The van der Waals surface area contributed by atoms with Gasteiger partial charge in [0.1, 0.15) is 5.03 Å². The van der Waals surface area contributed by atoms with E-state index in [-0.39, 0.29) is 11.9 Å². The van der Waals surface area contributed by atoms with Gasteiger partial charge in [0.05, 0.1) is 17.3 Å². The van der Waals surface area contributed by atoms with Crippen molar-refractivity contribution >= 4 is 34.7 Å². The van der Waals surface area contributed by atoms with Crippen molar-refractivity contribution in [3.63, 3.8) is 0 Å². The van der Waals surface area contributed by atoms with E-state index in [9.17, 15) is 4.79 Å². The number of carbonyl (C=O) groups is 1. The number of nitrogen functional groups attached to an aromatic ring is 1. The van der Waals surface area contributed by atoms with Gasteiger partial charge in [-0.15, -0.1) is 0 Å². The third kappa shape index (κ3) is 2.47. The lowest BCUT2D eigenvalue weighted by Gasteiger charge is -2.09. The molecule has 7 nitrogen and oxygen atoms in total. The topological polar surface area (TPSA) is 101 Å². The highest BCUT2D eigenvalue weighted by molar-refractivity contribution is 8.00. The summed E-state index contributed by atoms with van der Waals surface area (Å²) in [5.41, 5.74) is 6.15. The molecule has 2 aromatic rings. The summed E-state index contributed by atoms with van der Waals surface area (Å²) in [6.45, 7) is 0. The molecule has 0 aromatic carbocycles. The van der Waals surface area contributed by atoms with E-state index in [1.165, 1.54) is 16.7 Å². The monoisotopic (exact) mass is 252 g/mol. The standard InChI is InChI=1S/C9H12N6OS/c1-15(2)6(16)4-17-8-5-3-11-14-7(5)12-9(10)13-8/h3H,4H2,1-2H3,(H3,10,11,12,13,14). The van der Waals surface area contributed by atoms with E-state index in [0.29, 0.717) is 16.4 Å². The number of aromatic nitrogens is 4. The highest BCUT2D eigenvalue weighted by Crippen LogP contribution is 2.24. The van der Waals surface area contributed by atoms with E-state index in [0.717, 1.165) is 5.39 Å². The SMILES string of the molecule is CN(C)C(=O)CSc1nc(N)nc2[nH]ncc12. The average Bonchev–Trinajstić information content (AvgIpc) is 2.72. The Morgan fingerprint density at radius 2 is 2.29 bits per heavy atom. The predicted molar refractivity (Wildman–Crippen MR) is 65.5 cm³/mol. The first-order valence-corrected chi connectivity index (χ1v) is 5.86. The minimum atomic E-state index is 0.0174. The number of fused-ring (bicyclic) bond motifs is 1. The molecule has 2 heterocycles. The normalized spacial score (nSPS) is 10.7. The molecule has 0 saturated heterocycles. The van der Waals surface area contributed by atoms with Crippen LogP contribution in [-0.4, -0.2) is 50.8 Å². The molecule has 0 saturated carbocycles. The fraction of sp³-hybridized carbons (Fsp3) is 0.333. The number of nitrogens with zero attached hydrogens (tertiary/aromatic N) is 4. The number of hydrogen-bond acceptors (Lipinski definition) is 6. The summed E-state index contributed by atoms with van der Waals surface area (Å²) in [6, 6.07) is 0. The van der Waals surface area contributed by atoms with Crippen molar-refractivity contribution in [2.45, 2.75) is 5.03 Å². The van der Waals surface area contributed by atoms with Crippen LogP contribution < -0.4 is 5.73 Å². The van der Waals surface area contributed by atoms with Crippen LogP contribution in [0.2, 0.25) is 0 Å². The number of aromatic amines is 1. The number of rotatable bonds is 3. The smallest absolute Gasteiger partial charge is 0.232 e. The maximum atomic E-state index is 11.5. The lowest BCUT2D eigenvalue weighted by molar-refractivity contribution is -0.125. The van der Waals surface area contributed by atoms with E-state index >= 15 is 0 Å². The Morgan fingerprint density at radius 1 is 1.53 bits per heavy atom. The maximum absolute atomic E-state index is 11.5. The Labute approximate surface area is 102 Å². The minimum Gasteiger partial charge on any atom is -0.368 e. The van der Waals surface area contributed by atoms with Gasteiger partial charge in [-0.2, -0.15) is 10.1 Å². The van der Waals surface area contributed by atoms with Crippen LogP contribution in [0.25, 0.3) is 11.0 Å². The molecule has 17 heavy (non-hydrogen) atoms. The zero-order valence-electron chi connectivity index (χ0n) is 9.47. The minimum absolute atomic E-state index is 0.0174. The highest BCUT2D eigenvalue weighted by Gasteiger charge is 2.11. The molecule has 0 radical (unpaired) electrons. The Balaban J connectivity index is 2.23. The lowest BCUT2D eigenvalue weighted by Crippen LogP contribution is -2.23. The fourth-order valence-corrected chi connectivity index (χ4v) is 2.18. The number of anilines is 1. The van der Waals surface area contributed by atoms with Gasteiger partial charge in [0.2, 0.25) is 11.9 Å². The van der Waals surface area contributed by atoms with Crippen LogP contribution in [0.15, 0.2) is 11.2 Å². The summed E-state index contributed by atoms with van der Waals surface area (Å²) in [5, 5.41) is 8.03. The summed E-state index contributed by atoms with van der Waals surface area (Å²) in [6.07, 6.45) is 1.62. The zero-order chi connectivity index (χ0) is 12.4. The van der Waals surface area contributed by atoms with Crippen LogP contribution in [-0.2, 0) is 4.79 Å². The van der Waals surface area contributed by atoms with Crippen molar-refractivity contribution in [2.24, 2.45) is 0 Å². The van der Waals surface area contributed by atoms with E-state index in [1.54, 1.807) is 20.3 Å². The van der Waals surface area contributed by atoms with Gasteiger partial charge in [0.25, 0.3) is 0 Å². The second kappa shape index (κ2) is 4.58. The molecule has 0 aliphatic rings. The van der Waals surface area contributed by atoms with Gasteiger partial charge in [-0.1, -0.05) is 11.8 Å². The molecule has 0 unspecified atom stereocenters. The van der Waals surface area contributed by atoms with Crippen molar-refractivity contribution in [3.05, 3.63) is 6.20 Å². The van der Waals surface area contributed by atoms with Crippen molar-refractivity contribution in [1.29, 1.82) is 0 Å². The molecule has 0 aliphatic heterocycles. The second-order valence-corrected chi connectivity index (χ2v) is 4.56. The van der Waals surface area contributed by atoms with Gasteiger partial charge in [-0.25, -0.2) is 4.98 Å². The second-order valence-electron chi connectivity index (χ2n) is 3.60. The van der Waals surface area contributed by atoms with E-state index in [4.69, 9.17) is 5.73 Å². The van der Waals surface area contributed by atoms with Crippen molar-refractivity contribution in [1.82, 2.24) is 25.1 Å². The summed E-state index contributed by atoms with van der Waals surface area (Å²) < 4.78 is 0. The maximum Gasteiger partial charge on any atom is 0.232 e. The van der Waals surface area contributed by atoms with E-state index in [2.05, 4.69) is 20.2 Å². The zero-order valence-corrected chi connectivity index (χ0v) is 10.3. The quantitative estimate of drug-likeness (QED) is 0.594. The summed E-state index contributed by atoms with van der Waals surface area (Å²) in [7, 11) is 3.43. The van der Waals surface area contributed by atoms with Crippen LogP contribution in [0.4, 0.5) is 5.95 Å². The first-order valence-electron chi connectivity index (χ1n) is 4.87. The molecule has 2 aromatic heterocycles. The Kier molecular flexibility index (Phi) is 3.14. The third-order valence-corrected chi connectivity index (χ3v) is 3.10. The largest absolute Gasteiger partial charge is 0.368 e. The van der Waals surface area contributed by atoms with Crippen LogP contribution in [0, 0.1) is 0 Å². The van der Waals surface area contributed by atoms with Gasteiger partial charge in [-0.05, 0) is 0 Å². The number of H-pyrrole nitrogens is 1. The third-order valence-electron chi connectivity index (χ3n) is 2.12. The van der Waals surface area contributed by atoms with Gasteiger partial charge in [-0.3, -0.25) is 9.89 Å². The Bertz CT molecular complexity index is 551. The Hall–Kier alpha value is -1.83. The van der Waals surface area contributed by atoms with Crippen LogP contribution in [0.3, 0.4) is 0 Å². The van der Waals surface area contributed by atoms with Crippen LogP contribution in [0.1, 0.15) is 0 Å². The molecule has 3 N–H and O–H groups in total. The molecular formula is C9H12N6OS. The van der Waals surface area contributed by atoms with Gasteiger partial charge in [0.15, 0.2) is 5.65 Å². The molecule has 0 fully saturated rings. The molecule has 1 amide bonds. The summed E-state index contributed by atoms with van der Waals surface area (Å²) in [5.74, 6) is 0.495. The molecule has 0 aliphatic carbocycles. The molecule has 0 atom stereocenters. The average molecular weight is 252 g/mol. The lowest BCUT2D eigenvalue weighted by atomic mass is 10.4.